The van der Waals surface area contributed by atoms with Crippen LogP contribution in [0.1, 0.15) is 11.1 Å². The molecule has 0 saturated carbocycles. The smallest absolute Gasteiger partial charge is 0.205 e. The molecule has 1 aromatic heterocycles. The van der Waals surface area contributed by atoms with Crippen molar-refractivity contribution in [2.45, 2.75) is 13.8 Å². The number of hydrogen-bond donors (Lipinski definition) is 1. The molecule has 0 aliphatic carbocycles. The predicted molar refractivity (Wildman–Crippen MR) is 87.7 cm³/mol. The molecular weight excluding hydrogens is 349 g/mol. The quantitative estimate of drug-likeness (QED) is 0.668. The summed E-state index contributed by atoms with van der Waals surface area (Å²) in [6.07, 6.45) is 0. The maximum atomic E-state index is 6.10. The van der Waals surface area contributed by atoms with Crippen LogP contribution in [0.15, 0.2) is 36.4 Å². The van der Waals surface area contributed by atoms with Gasteiger partial charge in [-0.15, -0.1) is 0 Å². The van der Waals surface area contributed by atoms with E-state index in [9.17, 15) is 0 Å². The molecule has 4 heteroatoms. The minimum absolute atomic E-state index is 0.533. The van der Waals surface area contributed by atoms with Crippen LogP contribution in [0.5, 0.6) is 0 Å². The molecule has 0 amide bonds. The molecule has 19 heavy (non-hydrogen) atoms. The molecule has 0 saturated heterocycles. The Balaban J connectivity index is 2.36. The Kier molecular flexibility index (Phi) is 2.97. The number of hydrogen-bond acceptors (Lipinski definition) is 2. The molecule has 3 rings (SSSR count). The van der Waals surface area contributed by atoms with Crippen LogP contribution in [0, 0.1) is 17.4 Å². The number of anilines is 1. The van der Waals surface area contributed by atoms with E-state index in [0.717, 1.165) is 20.3 Å². The highest BCUT2D eigenvalue weighted by Gasteiger charge is 2.12. The molecule has 0 fully saturated rings. The maximum Gasteiger partial charge on any atom is 0.205 e. The van der Waals surface area contributed by atoms with Crippen molar-refractivity contribution in [3.63, 3.8) is 0 Å². The monoisotopic (exact) mass is 363 g/mol. The molecule has 0 spiro atoms. The Bertz CT molecular complexity index is 774. The molecule has 1 heterocycles. The fraction of sp³-hybridized carbons (Fsp3) is 0.133. The number of halogens is 1. The summed E-state index contributed by atoms with van der Waals surface area (Å²) in [6.45, 7) is 4.17. The lowest BCUT2D eigenvalue weighted by atomic mass is 10.1. The maximum absolute atomic E-state index is 6.10. The summed E-state index contributed by atoms with van der Waals surface area (Å²) in [5.41, 5.74) is 11.6. The van der Waals surface area contributed by atoms with E-state index in [-0.39, 0.29) is 0 Å². The van der Waals surface area contributed by atoms with E-state index < -0.39 is 0 Å². The molecule has 0 aliphatic heterocycles. The molecule has 0 radical (unpaired) electrons. The SMILES string of the molecule is Cc1ccc(C)c(-n2c(N)nc3cc(I)ccc32)c1. The largest absolute Gasteiger partial charge is 0.369 e. The second kappa shape index (κ2) is 4.52. The molecule has 96 valence electrons. The highest BCUT2D eigenvalue weighted by molar-refractivity contribution is 14.1. The first-order chi connectivity index (χ1) is 9.06. The molecule has 0 unspecified atom stereocenters. The van der Waals surface area contributed by atoms with Gasteiger partial charge in [0.1, 0.15) is 0 Å². The number of benzene rings is 2. The third-order valence-corrected chi connectivity index (χ3v) is 3.92. The lowest BCUT2D eigenvalue weighted by Gasteiger charge is -2.11. The highest BCUT2D eigenvalue weighted by atomic mass is 127. The minimum Gasteiger partial charge on any atom is -0.369 e. The Morgan fingerprint density at radius 1 is 1.11 bits per heavy atom. The lowest BCUT2D eigenvalue weighted by Crippen LogP contribution is -2.02. The van der Waals surface area contributed by atoms with Crippen LogP contribution in [-0.2, 0) is 0 Å². The summed E-state index contributed by atoms with van der Waals surface area (Å²) in [6, 6.07) is 12.6. The van der Waals surface area contributed by atoms with Crippen LogP contribution in [0.3, 0.4) is 0 Å². The summed E-state index contributed by atoms with van der Waals surface area (Å²) >= 11 is 2.29. The number of rotatable bonds is 1. The summed E-state index contributed by atoms with van der Waals surface area (Å²) in [5, 5.41) is 0. The number of fused-ring (bicyclic) bond motifs is 1. The van der Waals surface area contributed by atoms with E-state index in [1.807, 2.05) is 10.6 Å². The molecule has 3 aromatic rings. The zero-order chi connectivity index (χ0) is 13.6. The summed E-state index contributed by atoms with van der Waals surface area (Å²) in [7, 11) is 0. The van der Waals surface area contributed by atoms with Crippen molar-refractivity contribution in [3.05, 3.63) is 51.1 Å². The van der Waals surface area contributed by atoms with Gasteiger partial charge in [-0.1, -0.05) is 12.1 Å². The van der Waals surface area contributed by atoms with Crippen molar-refractivity contribution in [2.75, 3.05) is 5.73 Å². The van der Waals surface area contributed by atoms with E-state index in [2.05, 4.69) is 71.8 Å². The van der Waals surface area contributed by atoms with Gasteiger partial charge in [0.15, 0.2) is 0 Å². The first-order valence-corrected chi connectivity index (χ1v) is 7.15. The lowest BCUT2D eigenvalue weighted by molar-refractivity contribution is 1.08. The van der Waals surface area contributed by atoms with Gasteiger partial charge in [-0.3, -0.25) is 4.57 Å². The Morgan fingerprint density at radius 2 is 1.89 bits per heavy atom. The van der Waals surface area contributed by atoms with Crippen molar-refractivity contribution in [2.24, 2.45) is 0 Å². The average Bonchev–Trinajstić information content (AvgIpc) is 2.67. The summed E-state index contributed by atoms with van der Waals surface area (Å²) < 4.78 is 3.18. The van der Waals surface area contributed by atoms with Gasteiger partial charge >= 0.3 is 0 Å². The fourth-order valence-corrected chi connectivity index (χ4v) is 2.76. The van der Waals surface area contributed by atoms with Gasteiger partial charge in [-0.05, 0) is 71.8 Å². The number of nitrogens with zero attached hydrogens (tertiary/aromatic N) is 2. The molecule has 3 nitrogen and oxygen atoms in total. The third-order valence-electron chi connectivity index (χ3n) is 3.25. The van der Waals surface area contributed by atoms with Crippen LogP contribution in [0.25, 0.3) is 16.7 Å². The number of nitrogens with two attached hydrogens (primary N) is 1. The van der Waals surface area contributed by atoms with Crippen LogP contribution in [-0.4, -0.2) is 9.55 Å². The Labute approximate surface area is 125 Å². The van der Waals surface area contributed by atoms with Crippen molar-refractivity contribution in [1.82, 2.24) is 9.55 Å². The second-order valence-corrected chi connectivity index (χ2v) is 5.97. The first kappa shape index (κ1) is 12.5. The van der Waals surface area contributed by atoms with Crippen molar-refractivity contribution in [3.8, 4) is 5.69 Å². The molecule has 0 aliphatic rings. The minimum atomic E-state index is 0.533. The van der Waals surface area contributed by atoms with Gasteiger partial charge in [-0.25, -0.2) is 4.98 Å². The first-order valence-electron chi connectivity index (χ1n) is 6.07. The van der Waals surface area contributed by atoms with Gasteiger partial charge < -0.3 is 5.73 Å². The number of aromatic nitrogens is 2. The number of nitrogen functional groups attached to an aromatic ring is 1. The van der Waals surface area contributed by atoms with Crippen LogP contribution in [0.2, 0.25) is 0 Å². The fourth-order valence-electron chi connectivity index (χ4n) is 2.29. The molecule has 0 atom stereocenters. The normalized spacial score (nSPS) is 11.1. The van der Waals surface area contributed by atoms with Crippen LogP contribution in [0.4, 0.5) is 5.95 Å². The van der Waals surface area contributed by atoms with Gasteiger partial charge in [0.2, 0.25) is 5.95 Å². The van der Waals surface area contributed by atoms with Crippen molar-refractivity contribution in [1.29, 1.82) is 0 Å². The van der Waals surface area contributed by atoms with Crippen LogP contribution >= 0.6 is 22.6 Å². The molecule has 0 bridgehead atoms. The van der Waals surface area contributed by atoms with Crippen molar-refractivity contribution < 1.29 is 0 Å². The molecule has 2 aromatic carbocycles. The standard InChI is InChI=1S/C15H14IN3/c1-9-3-4-10(2)14(7-9)19-13-6-5-11(16)8-12(13)18-15(19)17/h3-8H,1-2H3,(H2,17,18). The van der Waals surface area contributed by atoms with Gasteiger partial charge in [0.05, 0.1) is 16.7 Å². The summed E-state index contributed by atoms with van der Waals surface area (Å²) in [4.78, 5) is 4.46. The van der Waals surface area contributed by atoms with E-state index in [4.69, 9.17) is 5.73 Å². The van der Waals surface area contributed by atoms with E-state index in [1.54, 1.807) is 0 Å². The van der Waals surface area contributed by atoms with Gasteiger partial charge in [0.25, 0.3) is 0 Å². The zero-order valence-electron chi connectivity index (χ0n) is 10.8. The predicted octanol–water partition coefficient (Wildman–Crippen LogP) is 3.83. The van der Waals surface area contributed by atoms with Gasteiger partial charge in [0, 0.05) is 3.57 Å². The second-order valence-electron chi connectivity index (χ2n) is 4.73. The average molecular weight is 363 g/mol. The topological polar surface area (TPSA) is 43.8 Å². The molecule has 2 N–H and O–H groups in total. The van der Waals surface area contributed by atoms with Crippen LogP contribution < -0.4 is 5.73 Å². The van der Waals surface area contributed by atoms with Crippen molar-refractivity contribution >= 4 is 39.6 Å². The molecular formula is C15H14IN3. The third kappa shape index (κ3) is 2.10. The van der Waals surface area contributed by atoms with E-state index >= 15 is 0 Å². The van der Waals surface area contributed by atoms with E-state index in [1.165, 1.54) is 11.1 Å². The Morgan fingerprint density at radius 3 is 2.68 bits per heavy atom. The highest BCUT2D eigenvalue weighted by Crippen LogP contribution is 2.26. The van der Waals surface area contributed by atoms with Gasteiger partial charge in [-0.2, -0.15) is 0 Å². The number of imidazole rings is 1. The number of aryl methyl sites for hydroxylation is 2. The summed E-state index contributed by atoms with van der Waals surface area (Å²) in [5.74, 6) is 0.533. The zero-order valence-corrected chi connectivity index (χ0v) is 13.0. The van der Waals surface area contributed by atoms with E-state index in [0.29, 0.717) is 5.95 Å². The Hall–Kier alpha value is -1.56.